The van der Waals surface area contributed by atoms with E-state index in [4.69, 9.17) is 4.74 Å². The number of morpholine rings is 1. The van der Waals surface area contributed by atoms with Crippen molar-refractivity contribution in [2.24, 2.45) is 16.8 Å². The quantitative estimate of drug-likeness (QED) is 0.448. The van der Waals surface area contributed by atoms with Crippen molar-refractivity contribution in [1.82, 2.24) is 20.4 Å². The van der Waals surface area contributed by atoms with Gasteiger partial charge in [-0.3, -0.25) is 9.89 Å². The second kappa shape index (κ2) is 12.6. The number of rotatable bonds is 10. The van der Waals surface area contributed by atoms with Crippen LogP contribution in [-0.4, -0.2) is 87.9 Å². The van der Waals surface area contributed by atoms with Gasteiger partial charge in [-0.15, -0.1) is 0 Å². The molecule has 0 aromatic carbocycles. The zero-order chi connectivity index (χ0) is 19.5. The van der Waals surface area contributed by atoms with Gasteiger partial charge in [0.1, 0.15) is 0 Å². The zero-order valence-corrected chi connectivity index (χ0v) is 18.2. The Morgan fingerprint density at radius 2 is 1.85 bits per heavy atom. The fraction of sp³-hybridized carbons (Fsp3) is 0.952. The summed E-state index contributed by atoms with van der Waals surface area (Å²) in [5.41, 5.74) is 0. The Morgan fingerprint density at radius 3 is 2.48 bits per heavy atom. The molecule has 0 aliphatic carbocycles. The lowest BCUT2D eigenvalue weighted by Crippen LogP contribution is -2.53. The van der Waals surface area contributed by atoms with Crippen LogP contribution in [0.1, 0.15) is 46.5 Å². The summed E-state index contributed by atoms with van der Waals surface area (Å²) < 4.78 is 5.56. The van der Waals surface area contributed by atoms with Gasteiger partial charge in [0.25, 0.3) is 0 Å². The van der Waals surface area contributed by atoms with Crippen molar-refractivity contribution in [3.63, 3.8) is 0 Å². The molecule has 2 fully saturated rings. The first kappa shape index (κ1) is 22.4. The topological polar surface area (TPSA) is 52.1 Å². The molecule has 2 N–H and O–H groups in total. The van der Waals surface area contributed by atoms with Crippen LogP contribution in [0.2, 0.25) is 0 Å². The normalized spacial score (nSPS) is 23.7. The van der Waals surface area contributed by atoms with Crippen molar-refractivity contribution in [2.45, 2.75) is 52.5 Å². The van der Waals surface area contributed by atoms with E-state index in [1.807, 2.05) is 7.05 Å². The molecule has 2 heterocycles. The largest absolute Gasteiger partial charge is 0.379 e. The maximum Gasteiger partial charge on any atom is 0.191 e. The Hall–Kier alpha value is -0.850. The van der Waals surface area contributed by atoms with E-state index in [9.17, 15) is 0 Å². The number of hydrogen-bond acceptors (Lipinski definition) is 4. The third-order valence-corrected chi connectivity index (χ3v) is 6.28. The van der Waals surface area contributed by atoms with Crippen LogP contribution in [-0.2, 0) is 4.74 Å². The molecule has 2 unspecified atom stereocenters. The van der Waals surface area contributed by atoms with Crippen molar-refractivity contribution in [1.29, 1.82) is 0 Å². The lowest BCUT2D eigenvalue weighted by atomic mass is 9.92. The Labute approximate surface area is 167 Å². The SMILES string of the molecule is CCCN1CCC(CNC(=NC)NCC(C(CC)CC)N2CCOCC2)C1. The number of ether oxygens (including phenoxy) is 1. The van der Waals surface area contributed by atoms with Gasteiger partial charge in [-0.05, 0) is 37.8 Å². The molecule has 0 spiro atoms. The van der Waals surface area contributed by atoms with Crippen LogP contribution >= 0.6 is 0 Å². The smallest absolute Gasteiger partial charge is 0.191 e. The fourth-order valence-electron chi connectivity index (χ4n) is 4.60. The second-order valence-corrected chi connectivity index (χ2v) is 8.08. The van der Waals surface area contributed by atoms with Crippen LogP contribution in [0.15, 0.2) is 4.99 Å². The van der Waals surface area contributed by atoms with Crippen LogP contribution in [0, 0.1) is 11.8 Å². The lowest BCUT2D eigenvalue weighted by molar-refractivity contribution is 0.00272. The molecule has 158 valence electrons. The van der Waals surface area contributed by atoms with Crippen molar-refractivity contribution >= 4 is 5.96 Å². The summed E-state index contributed by atoms with van der Waals surface area (Å²) in [6.45, 7) is 16.4. The fourth-order valence-corrected chi connectivity index (χ4v) is 4.60. The van der Waals surface area contributed by atoms with Gasteiger partial charge in [0, 0.05) is 45.8 Å². The van der Waals surface area contributed by atoms with Crippen LogP contribution in [0.25, 0.3) is 0 Å². The Balaban J connectivity index is 1.80. The van der Waals surface area contributed by atoms with E-state index in [-0.39, 0.29) is 0 Å². The Morgan fingerprint density at radius 1 is 1.11 bits per heavy atom. The molecule has 27 heavy (non-hydrogen) atoms. The van der Waals surface area contributed by atoms with Gasteiger partial charge in [0.2, 0.25) is 0 Å². The van der Waals surface area contributed by atoms with Crippen LogP contribution in [0.4, 0.5) is 0 Å². The molecule has 6 nitrogen and oxygen atoms in total. The summed E-state index contributed by atoms with van der Waals surface area (Å²) in [5, 5.41) is 7.20. The molecule has 0 bridgehead atoms. The van der Waals surface area contributed by atoms with Gasteiger partial charge in [0.15, 0.2) is 5.96 Å². The number of guanidine groups is 1. The average Bonchev–Trinajstić information content (AvgIpc) is 3.15. The van der Waals surface area contributed by atoms with Crippen molar-refractivity contribution < 1.29 is 4.74 Å². The van der Waals surface area contributed by atoms with Crippen LogP contribution in [0.5, 0.6) is 0 Å². The number of nitrogens with one attached hydrogen (secondary N) is 2. The molecular formula is C21H43N5O. The molecule has 2 aliphatic heterocycles. The predicted octanol–water partition coefficient (Wildman–Crippen LogP) is 2.02. The van der Waals surface area contributed by atoms with E-state index >= 15 is 0 Å². The summed E-state index contributed by atoms with van der Waals surface area (Å²) in [7, 11) is 1.88. The minimum Gasteiger partial charge on any atom is -0.379 e. The summed E-state index contributed by atoms with van der Waals surface area (Å²) in [6, 6.07) is 0.550. The van der Waals surface area contributed by atoms with E-state index in [1.165, 1.54) is 45.3 Å². The number of nitrogens with zero attached hydrogens (tertiary/aromatic N) is 3. The standard InChI is InChI=1S/C21H43N5O/c1-5-9-25-10-8-18(17-25)15-23-21(22-4)24-16-20(19(6-2)7-3)26-11-13-27-14-12-26/h18-20H,5-17H2,1-4H3,(H2,22,23,24). The maximum atomic E-state index is 5.56. The van der Waals surface area contributed by atoms with Crippen molar-refractivity contribution in [3.8, 4) is 0 Å². The number of hydrogen-bond donors (Lipinski definition) is 2. The molecular weight excluding hydrogens is 338 g/mol. The molecule has 2 saturated heterocycles. The number of likely N-dealkylation sites (tertiary alicyclic amines) is 1. The highest BCUT2D eigenvalue weighted by molar-refractivity contribution is 5.79. The van der Waals surface area contributed by atoms with Crippen LogP contribution in [0.3, 0.4) is 0 Å². The first-order chi connectivity index (χ1) is 13.2. The highest BCUT2D eigenvalue weighted by Gasteiger charge is 2.27. The van der Waals surface area contributed by atoms with Gasteiger partial charge >= 0.3 is 0 Å². The maximum absolute atomic E-state index is 5.56. The van der Waals surface area contributed by atoms with Gasteiger partial charge in [0.05, 0.1) is 13.2 Å². The molecule has 0 aromatic rings. The molecule has 0 radical (unpaired) electrons. The van der Waals surface area contributed by atoms with E-state index < -0.39 is 0 Å². The molecule has 6 heteroatoms. The third-order valence-electron chi connectivity index (χ3n) is 6.28. The summed E-state index contributed by atoms with van der Waals surface area (Å²) in [5.74, 6) is 2.41. The van der Waals surface area contributed by atoms with E-state index in [0.29, 0.717) is 12.0 Å². The summed E-state index contributed by atoms with van der Waals surface area (Å²) in [4.78, 5) is 9.67. The molecule has 2 atom stereocenters. The van der Waals surface area contributed by atoms with E-state index in [2.05, 4.69) is 46.2 Å². The number of aliphatic imine (C=N–C) groups is 1. The van der Waals surface area contributed by atoms with Crippen molar-refractivity contribution in [3.05, 3.63) is 0 Å². The van der Waals surface area contributed by atoms with Crippen LogP contribution < -0.4 is 10.6 Å². The second-order valence-electron chi connectivity index (χ2n) is 8.08. The van der Waals surface area contributed by atoms with Gasteiger partial charge in [-0.1, -0.05) is 33.6 Å². The van der Waals surface area contributed by atoms with Crippen molar-refractivity contribution in [2.75, 3.05) is 66.1 Å². The molecule has 0 saturated carbocycles. The van der Waals surface area contributed by atoms with Gasteiger partial charge in [-0.25, -0.2) is 0 Å². The monoisotopic (exact) mass is 381 g/mol. The molecule has 2 aliphatic rings. The third kappa shape index (κ3) is 7.24. The Bertz CT molecular complexity index is 421. The minimum atomic E-state index is 0.550. The minimum absolute atomic E-state index is 0.550. The lowest BCUT2D eigenvalue weighted by Gasteiger charge is -2.39. The van der Waals surface area contributed by atoms with E-state index in [1.54, 1.807) is 0 Å². The average molecular weight is 382 g/mol. The van der Waals surface area contributed by atoms with Gasteiger partial charge in [-0.2, -0.15) is 0 Å². The highest BCUT2D eigenvalue weighted by atomic mass is 16.5. The molecule has 0 aromatic heterocycles. The van der Waals surface area contributed by atoms with E-state index in [0.717, 1.165) is 51.3 Å². The Kier molecular flexibility index (Phi) is 10.5. The summed E-state index contributed by atoms with van der Waals surface area (Å²) >= 11 is 0. The first-order valence-corrected chi connectivity index (χ1v) is 11.2. The highest BCUT2D eigenvalue weighted by Crippen LogP contribution is 2.19. The van der Waals surface area contributed by atoms with Gasteiger partial charge < -0.3 is 20.3 Å². The first-order valence-electron chi connectivity index (χ1n) is 11.2. The molecule has 2 rings (SSSR count). The summed E-state index contributed by atoms with van der Waals surface area (Å²) in [6.07, 6.45) is 5.00. The molecule has 0 amide bonds. The predicted molar refractivity (Wildman–Crippen MR) is 114 cm³/mol. The zero-order valence-electron chi connectivity index (χ0n) is 18.2.